The molecule has 2 aromatic carbocycles. The molecule has 26 heavy (non-hydrogen) atoms. The van der Waals surface area contributed by atoms with Crippen LogP contribution < -0.4 is 23.7 Å². The van der Waals surface area contributed by atoms with Crippen molar-refractivity contribution in [2.45, 2.75) is 0 Å². The van der Waals surface area contributed by atoms with Gasteiger partial charge >= 0.3 is 5.97 Å². The largest absolute Gasteiger partial charge is 0.493 e. The SMILES string of the molecule is COc1ccc(/C=C(\Oc2c(OC)cccc2OC)C(=O)O)cc1OC. The molecule has 0 bridgehead atoms. The molecule has 138 valence electrons. The lowest BCUT2D eigenvalue weighted by Crippen LogP contribution is -2.09. The summed E-state index contributed by atoms with van der Waals surface area (Å²) in [5.74, 6) is 0.335. The fourth-order valence-electron chi connectivity index (χ4n) is 2.26. The van der Waals surface area contributed by atoms with Gasteiger partial charge in [0.1, 0.15) is 0 Å². The van der Waals surface area contributed by atoms with Crippen LogP contribution in [-0.2, 0) is 4.79 Å². The van der Waals surface area contributed by atoms with E-state index in [0.717, 1.165) is 0 Å². The van der Waals surface area contributed by atoms with Gasteiger partial charge < -0.3 is 28.8 Å². The van der Waals surface area contributed by atoms with E-state index in [1.165, 1.54) is 34.5 Å². The van der Waals surface area contributed by atoms with E-state index in [4.69, 9.17) is 23.7 Å². The van der Waals surface area contributed by atoms with Crippen molar-refractivity contribution in [3.63, 3.8) is 0 Å². The van der Waals surface area contributed by atoms with E-state index in [0.29, 0.717) is 28.6 Å². The molecule has 0 fully saturated rings. The third-order valence-corrected chi connectivity index (χ3v) is 3.51. The number of benzene rings is 2. The van der Waals surface area contributed by atoms with Gasteiger partial charge in [-0.2, -0.15) is 0 Å². The van der Waals surface area contributed by atoms with Crippen molar-refractivity contribution in [2.24, 2.45) is 0 Å². The summed E-state index contributed by atoms with van der Waals surface area (Å²) in [6, 6.07) is 10.0. The zero-order chi connectivity index (χ0) is 19.1. The van der Waals surface area contributed by atoms with Crippen LogP contribution in [0.15, 0.2) is 42.2 Å². The van der Waals surface area contributed by atoms with Crippen LogP contribution in [0.1, 0.15) is 5.56 Å². The third kappa shape index (κ3) is 4.18. The van der Waals surface area contributed by atoms with Crippen molar-refractivity contribution in [1.82, 2.24) is 0 Å². The number of methoxy groups -OCH3 is 4. The van der Waals surface area contributed by atoms with Crippen molar-refractivity contribution in [1.29, 1.82) is 0 Å². The van der Waals surface area contributed by atoms with E-state index in [-0.39, 0.29) is 11.5 Å². The first-order chi connectivity index (χ1) is 12.5. The Morgan fingerprint density at radius 3 is 1.92 bits per heavy atom. The second-order valence-electron chi connectivity index (χ2n) is 5.02. The third-order valence-electron chi connectivity index (χ3n) is 3.51. The van der Waals surface area contributed by atoms with Crippen LogP contribution in [0.5, 0.6) is 28.7 Å². The molecule has 0 aromatic heterocycles. The highest BCUT2D eigenvalue weighted by atomic mass is 16.6. The first-order valence-corrected chi connectivity index (χ1v) is 7.59. The molecule has 0 amide bonds. The summed E-state index contributed by atoms with van der Waals surface area (Å²) in [7, 11) is 5.94. The lowest BCUT2D eigenvalue weighted by atomic mass is 10.1. The number of aliphatic carboxylic acids is 1. The van der Waals surface area contributed by atoms with E-state index < -0.39 is 5.97 Å². The highest BCUT2D eigenvalue weighted by molar-refractivity contribution is 5.90. The monoisotopic (exact) mass is 360 g/mol. The minimum atomic E-state index is -1.24. The molecule has 7 heteroatoms. The molecule has 2 rings (SSSR count). The van der Waals surface area contributed by atoms with E-state index in [1.54, 1.807) is 36.4 Å². The summed E-state index contributed by atoms with van der Waals surface area (Å²) >= 11 is 0. The van der Waals surface area contributed by atoms with E-state index in [9.17, 15) is 9.90 Å². The van der Waals surface area contributed by atoms with Crippen molar-refractivity contribution >= 4 is 12.0 Å². The fraction of sp³-hybridized carbons (Fsp3) is 0.211. The molecule has 2 aromatic rings. The summed E-state index contributed by atoms with van der Waals surface area (Å²) in [4.78, 5) is 11.7. The Morgan fingerprint density at radius 1 is 0.846 bits per heavy atom. The molecule has 0 saturated carbocycles. The molecule has 0 aliphatic rings. The van der Waals surface area contributed by atoms with Crippen LogP contribution in [0.3, 0.4) is 0 Å². The highest BCUT2D eigenvalue weighted by Gasteiger charge is 2.18. The van der Waals surface area contributed by atoms with Crippen LogP contribution in [-0.4, -0.2) is 39.5 Å². The number of carbonyl (C=O) groups is 1. The number of carboxylic acid groups (broad SMARTS) is 1. The molecular weight excluding hydrogens is 340 g/mol. The molecule has 1 N–H and O–H groups in total. The second-order valence-corrected chi connectivity index (χ2v) is 5.02. The van der Waals surface area contributed by atoms with Gasteiger partial charge in [-0.1, -0.05) is 12.1 Å². The fourth-order valence-corrected chi connectivity index (χ4v) is 2.26. The number of rotatable bonds is 8. The summed E-state index contributed by atoms with van der Waals surface area (Å²) in [5.41, 5.74) is 0.564. The second kappa shape index (κ2) is 8.66. The first kappa shape index (κ1) is 19.0. The van der Waals surface area contributed by atoms with Crippen LogP contribution >= 0.6 is 0 Å². The zero-order valence-electron chi connectivity index (χ0n) is 14.9. The number of hydrogen-bond acceptors (Lipinski definition) is 6. The van der Waals surface area contributed by atoms with Crippen LogP contribution in [0.2, 0.25) is 0 Å². The van der Waals surface area contributed by atoms with Gasteiger partial charge in [-0.15, -0.1) is 0 Å². The van der Waals surface area contributed by atoms with Crippen LogP contribution in [0, 0.1) is 0 Å². The van der Waals surface area contributed by atoms with Crippen molar-refractivity contribution in [3.8, 4) is 28.7 Å². The number of para-hydroxylation sites is 1. The number of carboxylic acids is 1. The lowest BCUT2D eigenvalue weighted by Gasteiger charge is -2.14. The Balaban J connectivity index is 2.45. The smallest absolute Gasteiger partial charge is 0.371 e. The minimum Gasteiger partial charge on any atom is -0.493 e. The Bertz CT molecular complexity index is 789. The van der Waals surface area contributed by atoms with Crippen LogP contribution in [0.4, 0.5) is 0 Å². The maximum atomic E-state index is 11.7. The summed E-state index contributed by atoms with van der Waals surface area (Å²) in [6.07, 6.45) is 1.37. The zero-order valence-corrected chi connectivity index (χ0v) is 14.9. The average molecular weight is 360 g/mol. The molecule has 0 heterocycles. The summed E-state index contributed by atoms with van der Waals surface area (Å²) in [6.45, 7) is 0. The molecule has 0 atom stereocenters. The number of ether oxygens (including phenoxy) is 5. The Kier molecular flexibility index (Phi) is 6.32. The van der Waals surface area contributed by atoms with Crippen molar-refractivity contribution in [3.05, 3.63) is 47.7 Å². The molecule has 0 radical (unpaired) electrons. The van der Waals surface area contributed by atoms with E-state index in [2.05, 4.69) is 0 Å². The Labute approximate surface area is 151 Å². The Morgan fingerprint density at radius 2 is 1.42 bits per heavy atom. The van der Waals surface area contributed by atoms with Gasteiger partial charge in [-0.25, -0.2) is 4.79 Å². The van der Waals surface area contributed by atoms with Gasteiger partial charge in [-0.05, 0) is 35.9 Å². The molecular formula is C19H20O7. The molecule has 7 nitrogen and oxygen atoms in total. The first-order valence-electron chi connectivity index (χ1n) is 7.59. The topological polar surface area (TPSA) is 83.5 Å². The molecule has 0 aliphatic carbocycles. The predicted molar refractivity (Wildman–Crippen MR) is 95.3 cm³/mol. The van der Waals surface area contributed by atoms with Gasteiger partial charge in [0.15, 0.2) is 23.0 Å². The van der Waals surface area contributed by atoms with E-state index >= 15 is 0 Å². The highest BCUT2D eigenvalue weighted by Crippen LogP contribution is 2.38. The van der Waals surface area contributed by atoms with Gasteiger partial charge in [0.25, 0.3) is 0 Å². The van der Waals surface area contributed by atoms with Crippen LogP contribution in [0.25, 0.3) is 6.08 Å². The van der Waals surface area contributed by atoms with Gasteiger partial charge in [0.05, 0.1) is 28.4 Å². The average Bonchev–Trinajstić information content (AvgIpc) is 2.67. The normalized spacial score (nSPS) is 10.8. The maximum Gasteiger partial charge on any atom is 0.371 e. The number of hydrogen-bond donors (Lipinski definition) is 1. The standard InChI is InChI=1S/C19H20O7/c1-22-13-9-8-12(10-16(13)25-4)11-17(19(20)21)26-18-14(23-2)6-5-7-15(18)24-3/h5-11H,1-4H3,(H,20,21)/b17-11-. The minimum absolute atomic E-state index is 0.173. The molecule has 0 saturated heterocycles. The summed E-state index contributed by atoms with van der Waals surface area (Å²) in [5, 5.41) is 9.52. The Hall–Kier alpha value is -3.35. The quantitative estimate of drug-likeness (QED) is 0.571. The maximum absolute atomic E-state index is 11.7. The lowest BCUT2D eigenvalue weighted by molar-refractivity contribution is -0.134. The molecule has 0 unspecified atom stereocenters. The summed E-state index contributed by atoms with van der Waals surface area (Å²) < 4.78 is 26.4. The molecule has 0 aliphatic heterocycles. The van der Waals surface area contributed by atoms with Gasteiger partial charge in [0.2, 0.25) is 11.5 Å². The van der Waals surface area contributed by atoms with Gasteiger partial charge in [0, 0.05) is 0 Å². The predicted octanol–water partition coefficient (Wildman–Crippen LogP) is 3.23. The van der Waals surface area contributed by atoms with Gasteiger partial charge in [-0.3, -0.25) is 0 Å². The van der Waals surface area contributed by atoms with Crippen molar-refractivity contribution < 1.29 is 33.6 Å². The van der Waals surface area contributed by atoms with Crippen molar-refractivity contribution in [2.75, 3.05) is 28.4 Å². The molecule has 0 spiro atoms. The van der Waals surface area contributed by atoms with E-state index in [1.807, 2.05) is 0 Å².